The van der Waals surface area contributed by atoms with E-state index >= 15 is 0 Å². The Balaban J connectivity index is 1.79. The molecule has 1 heterocycles. The largest absolute Gasteiger partial charge is 0.454 e. The Morgan fingerprint density at radius 1 is 1.26 bits per heavy atom. The number of hydrogen-bond acceptors (Lipinski definition) is 7. The first kappa shape index (κ1) is 18.5. The molecule has 0 unspecified atom stereocenters. The smallest absolute Gasteiger partial charge is 0.270 e. The zero-order valence-electron chi connectivity index (χ0n) is 14.7. The Bertz CT molecular complexity index is 870. The van der Waals surface area contributed by atoms with Gasteiger partial charge in [0, 0.05) is 38.0 Å². The van der Waals surface area contributed by atoms with Crippen molar-refractivity contribution in [3.63, 3.8) is 0 Å². The van der Waals surface area contributed by atoms with E-state index in [9.17, 15) is 14.9 Å². The molecule has 0 bridgehead atoms. The van der Waals surface area contributed by atoms with Crippen LogP contribution in [0.5, 0.6) is 11.5 Å². The monoisotopic (exact) mass is 373 g/mol. The van der Waals surface area contributed by atoms with Crippen LogP contribution >= 0.6 is 0 Å². The highest BCUT2D eigenvalue weighted by Gasteiger charge is 2.19. The van der Waals surface area contributed by atoms with Crippen LogP contribution in [0.4, 0.5) is 11.4 Å². The minimum Gasteiger partial charge on any atom is -0.454 e. The summed E-state index contributed by atoms with van der Waals surface area (Å²) < 4.78 is 10.6. The summed E-state index contributed by atoms with van der Waals surface area (Å²) in [5.41, 5.74) is 1.30. The second-order valence-corrected chi connectivity index (χ2v) is 5.97. The first-order valence-electron chi connectivity index (χ1n) is 8.26. The maximum atomic E-state index is 12.7. The standard InChI is InChI=1S/C18H19N3O6/c1-20(6-7-22)15-4-3-13(21(24)25)9-14(15)18(23)19-10-12-2-5-16-17(8-12)27-11-26-16/h2-5,8-9,22H,6-7,10-11H2,1H3,(H,19,23). The van der Waals surface area contributed by atoms with E-state index in [1.807, 2.05) is 0 Å². The second kappa shape index (κ2) is 7.92. The molecule has 0 spiro atoms. The van der Waals surface area contributed by atoms with Crippen molar-refractivity contribution in [3.8, 4) is 11.5 Å². The van der Waals surface area contributed by atoms with Gasteiger partial charge in [0.2, 0.25) is 6.79 Å². The van der Waals surface area contributed by atoms with Crippen LogP contribution in [0.15, 0.2) is 36.4 Å². The molecule has 2 aromatic carbocycles. The maximum absolute atomic E-state index is 12.7. The molecule has 1 aliphatic rings. The summed E-state index contributed by atoms with van der Waals surface area (Å²) >= 11 is 0. The molecule has 9 heteroatoms. The van der Waals surface area contributed by atoms with Gasteiger partial charge in [0.05, 0.1) is 17.1 Å². The van der Waals surface area contributed by atoms with Crippen LogP contribution in [-0.4, -0.2) is 42.9 Å². The number of hydrogen-bond donors (Lipinski definition) is 2. The SMILES string of the molecule is CN(CCO)c1ccc([N+](=O)[O-])cc1C(=O)NCc1ccc2c(c1)OCO2. The van der Waals surface area contributed by atoms with Crippen LogP contribution in [0.3, 0.4) is 0 Å². The Kier molecular flexibility index (Phi) is 5.41. The number of amides is 1. The average Bonchev–Trinajstić information content (AvgIpc) is 3.13. The van der Waals surface area contributed by atoms with Crippen LogP contribution in [0.25, 0.3) is 0 Å². The summed E-state index contributed by atoms with van der Waals surface area (Å²) in [4.78, 5) is 24.9. The Labute approximate surface area is 155 Å². The number of nitro groups is 1. The van der Waals surface area contributed by atoms with Crippen LogP contribution < -0.4 is 19.7 Å². The average molecular weight is 373 g/mol. The Hall–Kier alpha value is -3.33. The molecule has 0 aromatic heterocycles. The number of rotatable bonds is 7. The van der Waals surface area contributed by atoms with E-state index in [1.54, 1.807) is 30.1 Å². The van der Waals surface area contributed by atoms with Gasteiger partial charge in [-0.1, -0.05) is 6.07 Å². The summed E-state index contributed by atoms with van der Waals surface area (Å²) in [6.45, 7) is 0.576. The number of benzene rings is 2. The van der Waals surface area contributed by atoms with Gasteiger partial charge < -0.3 is 24.8 Å². The zero-order valence-corrected chi connectivity index (χ0v) is 14.7. The lowest BCUT2D eigenvalue weighted by molar-refractivity contribution is -0.384. The third kappa shape index (κ3) is 4.09. The minimum absolute atomic E-state index is 0.105. The first-order chi connectivity index (χ1) is 13.0. The van der Waals surface area contributed by atoms with Gasteiger partial charge in [-0.2, -0.15) is 0 Å². The summed E-state index contributed by atoms with van der Waals surface area (Å²) in [6, 6.07) is 9.41. The number of nitrogens with one attached hydrogen (secondary N) is 1. The van der Waals surface area contributed by atoms with Gasteiger partial charge in [-0.3, -0.25) is 14.9 Å². The second-order valence-electron chi connectivity index (χ2n) is 5.97. The molecule has 0 saturated carbocycles. The molecule has 0 aliphatic carbocycles. The normalized spacial score (nSPS) is 11.9. The number of carbonyl (C=O) groups is 1. The minimum atomic E-state index is -0.551. The molecule has 0 fully saturated rings. The molecule has 2 N–H and O–H groups in total. The van der Waals surface area contributed by atoms with E-state index in [2.05, 4.69) is 5.32 Å². The number of non-ortho nitro benzene ring substituents is 1. The molecule has 142 valence electrons. The maximum Gasteiger partial charge on any atom is 0.270 e. The number of aliphatic hydroxyl groups is 1. The van der Waals surface area contributed by atoms with Gasteiger partial charge in [0.25, 0.3) is 11.6 Å². The number of nitrogens with zero attached hydrogens (tertiary/aromatic N) is 2. The van der Waals surface area contributed by atoms with E-state index in [0.717, 1.165) is 5.56 Å². The predicted octanol–water partition coefficient (Wildman–Crippen LogP) is 1.68. The number of aliphatic hydroxyl groups excluding tert-OH is 1. The molecular weight excluding hydrogens is 354 g/mol. The van der Waals surface area contributed by atoms with Crippen LogP contribution in [0.1, 0.15) is 15.9 Å². The van der Waals surface area contributed by atoms with Crippen molar-refractivity contribution < 1.29 is 24.3 Å². The van der Waals surface area contributed by atoms with Gasteiger partial charge >= 0.3 is 0 Å². The lowest BCUT2D eigenvalue weighted by Gasteiger charge is -2.21. The molecular formula is C18H19N3O6. The lowest BCUT2D eigenvalue weighted by Crippen LogP contribution is -2.28. The number of anilines is 1. The third-order valence-electron chi connectivity index (χ3n) is 4.17. The lowest BCUT2D eigenvalue weighted by atomic mass is 10.1. The van der Waals surface area contributed by atoms with E-state index in [1.165, 1.54) is 18.2 Å². The number of nitro benzene ring substituents is 1. The first-order valence-corrected chi connectivity index (χ1v) is 8.26. The summed E-state index contributed by atoms with van der Waals surface area (Å²) in [5.74, 6) is 0.813. The summed E-state index contributed by atoms with van der Waals surface area (Å²) in [5, 5.41) is 23.0. The fourth-order valence-corrected chi connectivity index (χ4v) is 2.75. The van der Waals surface area contributed by atoms with Crippen molar-refractivity contribution >= 4 is 17.3 Å². The molecule has 9 nitrogen and oxygen atoms in total. The number of likely N-dealkylation sites (N-methyl/N-ethyl adjacent to an activating group) is 1. The molecule has 1 aliphatic heterocycles. The van der Waals surface area contributed by atoms with E-state index in [0.29, 0.717) is 23.7 Å². The van der Waals surface area contributed by atoms with Crippen molar-refractivity contribution in [3.05, 3.63) is 57.6 Å². The fraction of sp³-hybridized carbons (Fsp3) is 0.278. The Morgan fingerprint density at radius 3 is 2.78 bits per heavy atom. The van der Waals surface area contributed by atoms with Gasteiger partial charge in [0.15, 0.2) is 11.5 Å². The van der Waals surface area contributed by atoms with Gasteiger partial charge in [-0.15, -0.1) is 0 Å². The van der Waals surface area contributed by atoms with Crippen LogP contribution in [0, 0.1) is 10.1 Å². The molecule has 0 radical (unpaired) electrons. The van der Waals surface area contributed by atoms with Gasteiger partial charge in [-0.25, -0.2) is 0 Å². The molecule has 0 atom stereocenters. The van der Waals surface area contributed by atoms with E-state index in [4.69, 9.17) is 14.6 Å². The number of ether oxygens (including phenoxy) is 2. The van der Waals surface area contributed by atoms with Gasteiger partial charge in [-0.05, 0) is 23.8 Å². The molecule has 27 heavy (non-hydrogen) atoms. The van der Waals surface area contributed by atoms with E-state index < -0.39 is 10.8 Å². The Morgan fingerprint density at radius 2 is 2.04 bits per heavy atom. The van der Waals surface area contributed by atoms with Crippen LogP contribution in [-0.2, 0) is 6.54 Å². The summed E-state index contributed by atoms with van der Waals surface area (Å²) in [7, 11) is 1.70. The van der Waals surface area contributed by atoms with Crippen molar-refractivity contribution in [2.75, 3.05) is 31.9 Å². The van der Waals surface area contributed by atoms with Crippen molar-refractivity contribution in [2.45, 2.75) is 6.54 Å². The highest BCUT2D eigenvalue weighted by atomic mass is 16.7. The van der Waals surface area contributed by atoms with Gasteiger partial charge in [0.1, 0.15) is 0 Å². The van der Waals surface area contributed by atoms with Crippen LogP contribution in [0.2, 0.25) is 0 Å². The molecule has 2 aromatic rings. The highest BCUT2D eigenvalue weighted by Crippen LogP contribution is 2.32. The molecule has 0 saturated heterocycles. The zero-order chi connectivity index (χ0) is 19.4. The van der Waals surface area contributed by atoms with Crippen molar-refractivity contribution in [2.24, 2.45) is 0 Å². The molecule has 1 amide bonds. The topological polar surface area (TPSA) is 114 Å². The third-order valence-corrected chi connectivity index (χ3v) is 4.17. The number of fused-ring (bicyclic) bond motifs is 1. The molecule has 3 rings (SSSR count). The van der Waals surface area contributed by atoms with E-state index in [-0.39, 0.29) is 31.2 Å². The van der Waals surface area contributed by atoms with Crippen molar-refractivity contribution in [1.29, 1.82) is 0 Å². The summed E-state index contributed by atoms with van der Waals surface area (Å²) in [6.07, 6.45) is 0. The quantitative estimate of drug-likeness (QED) is 0.560. The number of carbonyl (C=O) groups excluding carboxylic acids is 1. The van der Waals surface area contributed by atoms with Crippen molar-refractivity contribution in [1.82, 2.24) is 5.32 Å². The predicted molar refractivity (Wildman–Crippen MR) is 97.2 cm³/mol. The fourth-order valence-electron chi connectivity index (χ4n) is 2.75. The highest BCUT2D eigenvalue weighted by molar-refractivity contribution is 6.00.